The number of fused-ring (bicyclic) bond motifs is 1. The molecule has 0 aliphatic carbocycles. The van der Waals surface area contributed by atoms with Gasteiger partial charge in [-0.1, -0.05) is 18.2 Å². The Labute approximate surface area is 150 Å². The van der Waals surface area contributed by atoms with Crippen LogP contribution in [0.2, 0.25) is 0 Å². The van der Waals surface area contributed by atoms with Gasteiger partial charge in [0.2, 0.25) is 5.56 Å². The Balaban J connectivity index is 1.61. The molecule has 1 N–H and O–H groups in total. The second kappa shape index (κ2) is 7.13. The van der Waals surface area contributed by atoms with Gasteiger partial charge in [-0.05, 0) is 18.6 Å². The summed E-state index contributed by atoms with van der Waals surface area (Å²) in [5.74, 6) is -0.136. The van der Waals surface area contributed by atoms with Crippen molar-refractivity contribution in [3.63, 3.8) is 0 Å². The minimum atomic E-state index is -0.272. The Morgan fingerprint density at radius 2 is 2.19 bits per heavy atom. The molecule has 0 bridgehead atoms. The number of ether oxygens (including phenoxy) is 1. The quantitative estimate of drug-likeness (QED) is 0.777. The Hall–Kier alpha value is -2.93. The van der Waals surface area contributed by atoms with Gasteiger partial charge in [-0.15, -0.1) is 0 Å². The molecule has 7 nitrogen and oxygen atoms in total. The molecule has 1 amide bonds. The number of amides is 1. The number of nitrogens with zero attached hydrogens (tertiary/aromatic N) is 3. The number of carbonyl (C=O) groups is 1. The molecule has 3 aromatic rings. The molecule has 1 unspecified atom stereocenters. The number of hydrogen-bond donors (Lipinski definition) is 1. The van der Waals surface area contributed by atoms with Crippen LogP contribution < -0.4 is 5.56 Å². The molecule has 1 atom stereocenters. The van der Waals surface area contributed by atoms with Crippen molar-refractivity contribution < 1.29 is 9.53 Å². The SMILES string of the molecule is O=C(c1cc(=O)[nH]c2ccccc12)N1CCCOC(Cn2cccn2)C1. The van der Waals surface area contributed by atoms with Gasteiger partial charge in [0.05, 0.1) is 18.2 Å². The second-order valence-electron chi connectivity index (χ2n) is 6.42. The second-order valence-corrected chi connectivity index (χ2v) is 6.42. The van der Waals surface area contributed by atoms with E-state index in [1.54, 1.807) is 21.8 Å². The van der Waals surface area contributed by atoms with Gasteiger partial charge in [0.25, 0.3) is 5.91 Å². The largest absolute Gasteiger partial charge is 0.374 e. The number of benzene rings is 1. The van der Waals surface area contributed by atoms with Crippen molar-refractivity contribution in [3.8, 4) is 0 Å². The average Bonchev–Trinajstić information content (AvgIpc) is 3.04. The van der Waals surface area contributed by atoms with Crippen molar-refractivity contribution in [2.75, 3.05) is 19.7 Å². The number of carbonyl (C=O) groups excluding carboxylic acids is 1. The third-order valence-electron chi connectivity index (χ3n) is 4.57. The maximum Gasteiger partial charge on any atom is 0.254 e. The van der Waals surface area contributed by atoms with E-state index in [9.17, 15) is 9.59 Å². The molecule has 3 heterocycles. The van der Waals surface area contributed by atoms with E-state index in [0.717, 1.165) is 11.8 Å². The Bertz CT molecular complexity index is 964. The fourth-order valence-electron chi connectivity index (χ4n) is 3.36. The summed E-state index contributed by atoms with van der Waals surface area (Å²) in [6.07, 6.45) is 4.24. The lowest BCUT2D eigenvalue weighted by atomic mass is 10.1. The van der Waals surface area contributed by atoms with Gasteiger partial charge in [-0.2, -0.15) is 5.10 Å². The minimum absolute atomic E-state index is 0.130. The van der Waals surface area contributed by atoms with Gasteiger partial charge in [-0.25, -0.2) is 0 Å². The summed E-state index contributed by atoms with van der Waals surface area (Å²) < 4.78 is 7.69. The highest BCUT2D eigenvalue weighted by molar-refractivity contribution is 6.05. The van der Waals surface area contributed by atoms with Gasteiger partial charge in [0, 0.05) is 49.1 Å². The summed E-state index contributed by atoms with van der Waals surface area (Å²) in [5.41, 5.74) is 0.831. The highest BCUT2D eigenvalue weighted by atomic mass is 16.5. The first-order valence-corrected chi connectivity index (χ1v) is 8.71. The summed E-state index contributed by atoms with van der Waals surface area (Å²) in [6, 6.07) is 10.6. The maximum atomic E-state index is 13.2. The highest BCUT2D eigenvalue weighted by Gasteiger charge is 2.25. The van der Waals surface area contributed by atoms with Gasteiger partial charge in [0.1, 0.15) is 0 Å². The molecule has 2 aromatic heterocycles. The van der Waals surface area contributed by atoms with E-state index >= 15 is 0 Å². The molecule has 4 rings (SSSR count). The average molecular weight is 352 g/mol. The van der Waals surface area contributed by atoms with E-state index in [1.807, 2.05) is 30.5 Å². The molecule has 1 aromatic carbocycles. The van der Waals surface area contributed by atoms with Crippen molar-refractivity contribution in [2.24, 2.45) is 0 Å². The first-order valence-electron chi connectivity index (χ1n) is 8.71. The first kappa shape index (κ1) is 16.5. The van der Waals surface area contributed by atoms with Crippen molar-refractivity contribution in [2.45, 2.75) is 19.1 Å². The lowest BCUT2D eigenvalue weighted by molar-refractivity contribution is 0.0368. The van der Waals surface area contributed by atoms with Gasteiger partial charge in [-0.3, -0.25) is 14.3 Å². The van der Waals surface area contributed by atoms with Crippen LogP contribution in [0, 0.1) is 0 Å². The summed E-state index contributed by atoms with van der Waals surface area (Å²) in [5, 5.41) is 4.96. The summed E-state index contributed by atoms with van der Waals surface area (Å²) in [4.78, 5) is 29.7. The lowest BCUT2D eigenvalue weighted by Crippen LogP contribution is -2.39. The fourth-order valence-corrected chi connectivity index (χ4v) is 3.36. The molecule has 0 radical (unpaired) electrons. The zero-order chi connectivity index (χ0) is 17.9. The standard InChI is InChI=1S/C19H20N4O3/c24-18-11-16(15-5-1-2-6-17(15)21-18)19(25)22-8-4-10-26-14(12-22)13-23-9-3-7-20-23/h1-3,5-7,9,11,14H,4,8,10,12-13H2,(H,21,24). The molecular weight excluding hydrogens is 332 g/mol. The van der Waals surface area contributed by atoms with E-state index in [4.69, 9.17) is 4.74 Å². The molecule has 7 heteroatoms. The number of H-pyrrole nitrogens is 1. The number of aromatic amines is 1. The predicted octanol–water partition coefficient (Wildman–Crippen LogP) is 1.66. The summed E-state index contributed by atoms with van der Waals surface area (Å²) in [6.45, 7) is 2.27. The van der Waals surface area contributed by atoms with E-state index in [-0.39, 0.29) is 17.6 Å². The number of aromatic nitrogens is 3. The number of hydrogen-bond acceptors (Lipinski definition) is 4. The van der Waals surface area contributed by atoms with Crippen LogP contribution in [0.3, 0.4) is 0 Å². The van der Waals surface area contributed by atoms with Crippen LogP contribution in [0.1, 0.15) is 16.8 Å². The molecule has 1 aliphatic rings. The molecule has 1 fully saturated rings. The van der Waals surface area contributed by atoms with Gasteiger partial charge >= 0.3 is 0 Å². The number of rotatable bonds is 3. The Morgan fingerprint density at radius 3 is 3.04 bits per heavy atom. The Morgan fingerprint density at radius 1 is 1.31 bits per heavy atom. The van der Waals surface area contributed by atoms with E-state index in [1.165, 1.54) is 6.07 Å². The monoisotopic (exact) mass is 352 g/mol. The molecule has 0 spiro atoms. The Kier molecular flexibility index (Phi) is 4.53. The van der Waals surface area contributed by atoms with E-state index in [0.29, 0.717) is 37.3 Å². The van der Waals surface area contributed by atoms with Crippen molar-refractivity contribution in [1.29, 1.82) is 0 Å². The predicted molar refractivity (Wildman–Crippen MR) is 97.1 cm³/mol. The molecule has 134 valence electrons. The van der Waals surface area contributed by atoms with Crippen LogP contribution in [-0.4, -0.2) is 51.4 Å². The van der Waals surface area contributed by atoms with Crippen molar-refractivity contribution in [1.82, 2.24) is 19.7 Å². The van der Waals surface area contributed by atoms with Crippen LogP contribution in [0.4, 0.5) is 0 Å². The smallest absolute Gasteiger partial charge is 0.254 e. The van der Waals surface area contributed by atoms with Gasteiger partial charge < -0.3 is 14.6 Å². The van der Waals surface area contributed by atoms with Crippen LogP contribution in [-0.2, 0) is 11.3 Å². The first-order chi connectivity index (χ1) is 12.7. The molecule has 0 saturated carbocycles. The third-order valence-corrected chi connectivity index (χ3v) is 4.57. The number of nitrogens with one attached hydrogen (secondary N) is 1. The minimum Gasteiger partial charge on any atom is -0.374 e. The summed E-state index contributed by atoms with van der Waals surface area (Å²) >= 11 is 0. The third kappa shape index (κ3) is 3.39. The topological polar surface area (TPSA) is 80.2 Å². The van der Waals surface area contributed by atoms with Crippen LogP contribution in [0.25, 0.3) is 10.9 Å². The van der Waals surface area contributed by atoms with Crippen LogP contribution >= 0.6 is 0 Å². The highest BCUT2D eigenvalue weighted by Crippen LogP contribution is 2.18. The van der Waals surface area contributed by atoms with E-state index < -0.39 is 0 Å². The summed E-state index contributed by atoms with van der Waals surface area (Å²) in [7, 11) is 0. The molecule has 26 heavy (non-hydrogen) atoms. The van der Waals surface area contributed by atoms with Crippen LogP contribution in [0.5, 0.6) is 0 Å². The van der Waals surface area contributed by atoms with Gasteiger partial charge in [0.15, 0.2) is 0 Å². The zero-order valence-corrected chi connectivity index (χ0v) is 14.3. The molecular formula is C19H20N4O3. The zero-order valence-electron chi connectivity index (χ0n) is 14.3. The number of pyridine rings is 1. The van der Waals surface area contributed by atoms with Crippen molar-refractivity contribution in [3.05, 3.63) is 64.7 Å². The molecule has 1 saturated heterocycles. The van der Waals surface area contributed by atoms with E-state index in [2.05, 4.69) is 10.1 Å². The number of para-hydroxylation sites is 1. The fraction of sp³-hybridized carbons (Fsp3) is 0.316. The maximum absolute atomic E-state index is 13.2. The van der Waals surface area contributed by atoms with Crippen molar-refractivity contribution >= 4 is 16.8 Å². The normalized spacial score (nSPS) is 18.0. The molecule has 1 aliphatic heterocycles. The lowest BCUT2D eigenvalue weighted by Gasteiger charge is -2.24. The van der Waals surface area contributed by atoms with Crippen LogP contribution in [0.15, 0.2) is 53.6 Å².